The van der Waals surface area contributed by atoms with E-state index < -0.39 is 12.0 Å². The number of carbonyl (C=O) groups excluding carboxylic acids is 1. The Bertz CT molecular complexity index is 508. The number of rotatable bonds is 8. The first-order chi connectivity index (χ1) is 10.1. The third-order valence-corrected chi connectivity index (χ3v) is 3.09. The topological polar surface area (TPSA) is 69.6 Å². The van der Waals surface area contributed by atoms with Gasteiger partial charge >= 0.3 is 5.97 Å². The highest BCUT2D eigenvalue weighted by Gasteiger charge is 2.21. The molecule has 0 spiro atoms. The minimum atomic E-state index is -0.840. The summed E-state index contributed by atoms with van der Waals surface area (Å²) >= 11 is 0. The summed E-state index contributed by atoms with van der Waals surface area (Å²) < 4.78 is 0. The molecule has 1 aromatic rings. The van der Waals surface area contributed by atoms with E-state index in [1.165, 1.54) is 0 Å². The van der Waals surface area contributed by atoms with Gasteiger partial charge in [-0.2, -0.15) is 0 Å². The molecular formula is C16H20N2O3. The summed E-state index contributed by atoms with van der Waals surface area (Å²) in [6.07, 6.45) is 5.67. The van der Waals surface area contributed by atoms with Crippen molar-refractivity contribution in [3.8, 4) is 12.3 Å². The molecule has 0 radical (unpaired) electrons. The first kappa shape index (κ1) is 16.6. The number of hydrogen-bond donors (Lipinski definition) is 2. The Kier molecular flexibility index (Phi) is 6.82. The Balaban J connectivity index is 2.78. The number of hydrogen-bond acceptors (Lipinski definition) is 3. The van der Waals surface area contributed by atoms with Crippen LogP contribution in [0, 0.1) is 12.3 Å². The number of carboxylic acids is 1. The molecule has 0 heterocycles. The maximum absolute atomic E-state index is 12.0. The van der Waals surface area contributed by atoms with E-state index in [9.17, 15) is 9.59 Å². The number of nitrogens with one attached hydrogen (secondary N) is 1. The monoisotopic (exact) mass is 288 g/mol. The first-order valence-electron chi connectivity index (χ1n) is 6.81. The van der Waals surface area contributed by atoms with Crippen molar-refractivity contribution in [2.45, 2.75) is 25.8 Å². The van der Waals surface area contributed by atoms with Crippen molar-refractivity contribution in [1.29, 1.82) is 0 Å². The van der Waals surface area contributed by atoms with E-state index >= 15 is 0 Å². The molecule has 0 aliphatic heterocycles. The van der Waals surface area contributed by atoms with Crippen molar-refractivity contribution in [1.82, 2.24) is 5.32 Å². The highest BCUT2D eigenvalue weighted by Crippen LogP contribution is 2.17. The zero-order chi connectivity index (χ0) is 15.7. The van der Waals surface area contributed by atoms with Gasteiger partial charge in [0.25, 0.3) is 0 Å². The molecule has 0 fully saturated rings. The second kappa shape index (κ2) is 8.64. The number of terminal acetylenes is 1. The van der Waals surface area contributed by atoms with Crippen LogP contribution in [0.5, 0.6) is 0 Å². The Morgan fingerprint density at radius 2 is 2.05 bits per heavy atom. The molecule has 0 saturated carbocycles. The normalized spacial score (nSPS) is 11.2. The molecule has 5 nitrogen and oxygen atoms in total. The maximum atomic E-state index is 12.0. The van der Waals surface area contributed by atoms with E-state index in [4.69, 9.17) is 11.5 Å². The van der Waals surface area contributed by atoms with Gasteiger partial charge in [-0.15, -0.1) is 6.42 Å². The molecule has 112 valence electrons. The predicted molar refractivity (Wildman–Crippen MR) is 82.0 cm³/mol. The van der Waals surface area contributed by atoms with Crippen LogP contribution in [0.3, 0.4) is 0 Å². The summed E-state index contributed by atoms with van der Waals surface area (Å²) in [5.74, 6) is 1.35. The third kappa shape index (κ3) is 5.57. The van der Waals surface area contributed by atoms with Crippen LogP contribution in [0.1, 0.15) is 19.8 Å². The van der Waals surface area contributed by atoms with Gasteiger partial charge in [-0.25, -0.2) is 0 Å². The van der Waals surface area contributed by atoms with Crippen molar-refractivity contribution < 1.29 is 14.7 Å². The molecule has 1 atom stereocenters. The number of anilines is 1. The van der Waals surface area contributed by atoms with Crippen molar-refractivity contribution in [3.05, 3.63) is 30.3 Å². The summed E-state index contributed by atoms with van der Waals surface area (Å²) in [5, 5.41) is 11.4. The molecule has 2 N–H and O–H groups in total. The largest absolute Gasteiger partial charge is 0.481 e. The van der Waals surface area contributed by atoms with Gasteiger partial charge in [0.2, 0.25) is 5.91 Å². The van der Waals surface area contributed by atoms with Gasteiger partial charge in [-0.1, -0.05) is 24.1 Å². The molecule has 1 unspecified atom stereocenters. The highest BCUT2D eigenvalue weighted by molar-refractivity contribution is 5.85. The van der Waals surface area contributed by atoms with Gasteiger partial charge in [0.15, 0.2) is 0 Å². The Labute approximate surface area is 125 Å². The smallest absolute Gasteiger partial charge is 0.303 e. The van der Waals surface area contributed by atoms with Crippen molar-refractivity contribution in [3.63, 3.8) is 0 Å². The fourth-order valence-corrected chi connectivity index (χ4v) is 1.99. The summed E-state index contributed by atoms with van der Waals surface area (Å²) in [7, 11) is 0. The molecule has 0 aliphatic carbocycles. The molecule has 0 bridgehead atoms. The number of carbonyl (C=O) groups is 2. The van der Waals surface area contributed by atoms with Gasteiger partial charge < -0.3 is 15.3 Å². The number of aliphatic carboxylic acids is 1. The summed E-state index contributed by atoms with van der Waals surface area (Å²) in [5.41, 5.74) is 0.881. The third-order valence-electron chi connectivity index (χ3n) is 3.09. The molecule has 1 rings (SSSR count). The number of para-hydroxylation sites is 1. The molecule has 0 aliphatic rings. The van der Waals surface area contributed by atoms with Crippen LogP contribution >= 0.6 is 0 Å². The van der Waals surface area contributed by atoms with Gasteiger partial charge in [0.05, 0.1) is 6.54 Å². The van der Waals surface area contributed by atoms with Gasteiger partial charge in [-0.05, 0) is 25.5 Å². The van der Waals surface area contributed by atoms with Gasteiger partial charge in [-0.3, -0.25) is 9.59 Å². The molecular weight excluding hydrogens is 268 g/mol. The minimum Gasteiger partial charge on any atom is -0.481 e. The number of nitrogens with zero attached hydrogens (tertiary/aromatic N) is 1. The molecule has 1 amide bonds. The highest BCUT2D eigenvalue weighted by atomic mass is 16.4. The van der Waals surface area contributed by atoms with E-state index in [0.717, 1.165) is 5.69 Å². The Morgan fingerprint density at radius 3 is 2.62 bits per heavy atom. The van der Waals surface area contributed by atoms with Crippen LogP contribution in [0.15, 0.2) is 30.3 Å². The van der Waals surface area contributed by atoms with Crippen LogP contribution < -0.4 is 10.2 Å². The lowest BCUT2D eigenvalue weighted by molar-refractivity contribution is -0.137. The zero-order valence-electron chi connectivity index (χ0n) is 12.1. The van der Waals surface area contributed by atoms with Gasteiger partial charge in [0, 0.05) is 18.7 Å². The van der Waals surface area contributed by atoms with E-state index in [1.807, 2.05) is 35.2 Å². The summed E-state index contributed by atoms with van der Waals surface area (Å²) in [6, 6.07) is 9.02. The number of benzene rings is 1. The quantitative estimate of drug-likeness (QED) is 0.711. The lowest BCUT2D eigenvalue weighted by Crippen LogP contribution is -2.46. The van der Waals surface area contributed by atoms with Crippen LogP contribution in [0.2, 0.25) is 0 Å². The minimum absolute atomic E-state index is 0.0715. The average molecular weight is 288 g/mol. The van der Waals surface area contributed by atoms with Crippen molar-refractivity contribution >= 4 is 17.6 Å². The first-order valence-corrected chi connectivity index (χ1v) is 6.81. The van der Waals surface area contributed by atoms with Crippen molar-refractivity contribution in [2.24, 2.45) is 0 Å². The Morgan fingerprint density at radius 1 is 1.38 bits per heavy atom. The maximum Gasteiger partial charge on any atom is 0.303 e. The molecule has 1 aromatic carbocycles. The van der Waals surface area contributed by atoms with Gasteiger partial charge in [0.1, 0.15) is 6.04 Å². The molecule has 21 heavy (non-hydrogen) atoms. The van der Waals surface area contributed by atoms with Crippen LogP contribution in [-0.2, 0) is 9.59 Å². The van der Waals surface area contributed by atoms with E-state index in [2.05, 4.69) is 11.2 Å². The molecule has 0 saturated heterocycles. The fourth-order valence-electron chi connectivity index (χ4n) is 1.99. The predicted octanol–water partition coefficient (Wildman–Crippen LogP) is 1.50. The zero-order valence-corrected chi connectivity index (χ0v) is 12.1. The van der Waals surface area contributed by atoms with E-state index in [0.29, 0.717) is 13.0 Å². The average Bonchev–Trinajstić information content (AvgIpc) is 2.49. The fraction of sp³-hybridized carbons (Fsp3) is 0.375. The van der Waals surface area contributed by atoms with Crippen LogP contribution in [0.4, 0.5) is 5.69 Å². The number of carboxylic acid groups (broad SMARTS) is 1. The Hall–Kier alpha value is -2.48. The SMILES string of the molecule is C#CCNC(=O)C(C)N(CCCC(=O)O)c1ccccc1. The lowest BCUT2D eigenvalue weighted by atomic mass is 10.1. The summed E-state index contributed by atoms with van der Waals surface area (Å²) in [4.78, 5) is 24.6. The molecule has 0 aromatic heterocycles. The van der Waals surface area contributed by atoms with Crippen LogP contribution in [-0.4, -0.2) is 36.1 Å². The standard InChI is InChI=1S/C16H20N2O3/c1-3-11-17-16(21)13(2)18(12-7-10-15(19)20)14-8-5-4-6-9-14/h1,4-6,8-9,13H,7,10-12H2,2H3,(H,17,21)(H,19,20). The van der Waals surface area contributed by atoms with Crippen molar-refractivity contribution in [2.75, 3.05) is 18.0 Å². The second-order valence-electron chi connectivity index (χ2n) is 4.62. The second-order valence-corrected chi connectivity index (χ2v) is 4.62. The van der Waals surface area contributed by atoms with E-state index in [-0.39, 0.29) is 18.9 Å². The van der Waals surface area contributed by atoms with Crippen LogP contribution in [0.25, 0.3) is 0 Å². The summed E-state index contributed by atoms with van der Waals surface area (Å²) in [6.45, 7) is 2.45. The molecule has 5 heteroatoms. The van der Waals surface area contributed by atoms with E-state index in [1.54, 1.807) is 6.92 Å². The lowest BCUT2D eigenvalue weighted by Gasteiger charge is -2.30. The number of amides is 1.